The molecule has 0 saturated carbocycles. The highest BCUT2D eigenvalue weighted by Crippen LogP contribution is 2.35. The van der Waals surface area contributed by atoms with Gasteiger partial charge in [-0.2, -0.15) is 0 Å². The van der Waals surface area contributed by atoms with E-state index in [2.05, 4.69) is 0 Å². The van der Waals surface area contributed by atoms with E-state index in [0.29, 0.717) is 0 Å². The van der Waals surface area contributed by atoms with Crippen molar-refractivity contribution in [3.05, 3.63) is 23.1 Å². The molecule has 2 aromatic rings. The molecule has 0 fully saturated rings. The van der Waals surface area contributed by atoms with Crippen molar-refractivity contribution in [3.63, 3.8) is 0 Å². The molecule has 2 rings (SSSR count). The third kappa shape index (κ3) is 1.40. The van der Waals surface area contributed by atoms with E-state index in [9.17, 15) is 4.79 Å². The Labute approximate surface area is 90.1 Å². The van der Waals surface area contributed by atoms with E-state index in [0.717, 1.165) is 31.8 Å². The summed E-state index contributed by atoms with van der Waals surface area (Å²) in [5, 5.41) is 1.05. The first-order valence-corrected chi connectivity index (χ1v) is 6.11. The summed E-state index contributed by atoms with van der Waals surface area (Å²) in [5.74, 6) is 0. The van der Waals surface area contributed by atoms with E-state index in [1.807, 2.05) is 24.5 Å². The summed E-state index contributed by atoms with van der Waals surface area (Å²) < 4.78 is 1.01. The van der Waals surface area contributed by atoms with Gasteiger partial charge in [-0.1, -0.05) is 6.07 Å². The van der Waals surface area contributed by atoms with Gasteiger partial charge in [0.05, 0.1) is 15.3 Å². The standard InChI is InChI=1S/C10H9NOS2/c1-13-8-3-2-6-4-7(5-12)14-10(6)9(8)11/h2-5H,11H2,1H3. The molecule has 0 saturated heterocycles. The van der Waals surface area contributed by atoms with Crippen LogP contribution in [0.2, 0.25) is 0 Å². The van der Waals surface area contributed by atoms with Crippen molar-refractivity contribution in [1.29, 1.82) is 0 Å². The van der Waals surface area contributed by atoms with E-state index in [1.54, 1.807) is 11.8 Å². The van der Waals surface area contributed by atoms with Crippen LogP contribution in [-0.4, -0.2) is 12.5 Å². The van der Waals surface area contributed by atoms with Gasteiger partial charge in [0.25, 0.3) is 0 Å². The third-order valence-corrected chi connectivity index (χ3v) is 3.95. The quantitative estimate of drug-likeness (QED) is 0.483. The highest BCUT2D eigenvalue weighted by molar-refractivity contribution is 7.98. The lowest BCUT2D eigenvalue weighted by atomic mass is 10.2. The molecule has 1 aromatic heterocycles. The van der Waals surface area contributed by atoms with Gasteiger partial charge in [0.2, 0.25) is 0 Å². The van der Waals surface area contributed by atoms with Crippen molar-refractivity contribution in [3.8, 4) is 0 Å². The molecule has 72 valence electrons. The first kappa shape index (κ1) is 9.55. The number of thioether (sulfide) groups is 1. The number of rotatable bonds is 2. The van der Waals surface area contributed by atoms with E-state index < -0.39 is 0 Å². The summed E-state index contributed by atoms with van der Waals surface area (Å²) >= 11 is 3.07. The van der Waals surface area contributed by atoms with Gasteiger partial charge in [0.15, 0.2) is 6.29 Å². The van der Waals surface area contributed by atoms with Gasteiger partial charge in [-0.3, -0.25) is 4.79 Å². The summed E-state index contributed by atoms with van der Waals surface area (Å²) in [7, 11) is 0. The molecule has 0 aliphatic heterocycles. The Balaban J connectivity index is 2.74. The van der Waals surface area contributed by atoms with Crippen molar-refractivity contribution in [2.24, 2.45) is 0 Å². The number of hydrogen-bond acceptors (Lipinski definition) is 4. The minimum absolute atomic E-state index is 0.727. The van der Waals surface area contributed by atoms with Gasteiger partial charge in [0.1, 0.15) is 0 Å². The molecule has 0 aliphatic rings. The Morgan fingerprint density at radius 3 is 2.93 bits per heavy atom. The number of nitrogens with two attached hydrogens (primary N) is 1. The number of hydrogen-bond donors (Lipinski definition) is 1. The van der Waals surface area contributed by atoms with Crippen LogP contribution in [0.3, 0.4) is 0 Å². The van der Waals surface area contributed by atoms with Crippen LogP contribution in [0.5, 0.6) is 0 Å². The van der Waals surface area contributed by atoms with E-state index in [1.165, 1.54) is 11.3 Å². The minimum Gasteiger partial charge on any atom is -0.397 e. The number of nitrogen functional groups attached to an aromatic ring is 1. The SMILES string of the molecule is CSc1ccc2cc(C=O)sc2c1N. The predicted octanol–water partition coefficient (Wildman–Crippen LogP) is 3.02. The van der Waals surface area contributed by atoms with Crippen LogP contribution in [0.25, 0.3) is 10.1 Å². The highest BCUT2D eigenvalue weighted by atomic mass is 32.2. The van der Waals surface area contributed by atoms with Crippen LogP contribution in [0.4, 0.5) is 5.69 Å². The third-order valence-electron chi connectivity index (χ3n) is 2.04. The van der Waals surface area contributed by atoms with Crippen LogP contribution >= 0.6 is 23.1 Å². The van der Waals surface area contributed by atoms with E-state index in [-0.39, 0.29) is 0 Å². The lowest BCUT2D eigenvalue weighted by molar-refractivity contribution is 0.112. The molecule has 0 spiro atoms. The molecule has 0 aliphatic carbocycles. The maximum atomic E-state index is 10.6. The minimum atomic E-state index is 0.727. The Morgan fingerprint density at radius 2 is 2.29 bits per heavy atom. The largest absolute Gasteiger partial charge is 0.397 e. The first-order chi connectivity index (χ1) is 6.76. The summed E-state index contributed by atoms with van der Waals surface area (Å²) in [5.41, 5.74) is 6.76. The molecule has 2 N–H and O–H groups in total. The molecular formula is C10H9NOS2. The van der Waals surface area contributed by atoms with Crippen LogP contribution in [0, 0.1) is 0 Å². The maximum absolute atomic E-state index is 10.6. The van der Waals surface area contributed by atoms with Gasteiger partial charge in [-0.15, -0.1) is 23.1 Å². The maximum Gasteiger partial charge on any atom is 0.160 e. The Bertz CT molecular complexity index is 490. The summed E-state index contributed by atoms with van der Waals surface area (Å²) in [6.07, 6.45) is 2.86. The number of fused-ring (bicyclic) bond motifs is 1. The summed E-state index contributed by atoms with van der Waals surface area (Å²) in [6, 6.07) is 5.86. The second-order valence-electron chi connectivity index (χ2n) is 2.87. The zero-order valence-corrected chi connectivity index (χ0v) is 9.24. The van der Waals surface area contributed by atoms with Crippen LogP contribution in [-0.2, 0) is 0 Å². The molecule has 0 unspecified atom stereocenters. The molecule has 0 radical (unpaired) electrons. The van der Waals surface area contributed by atoms with Gasteiger partial charge in [-0.25, -0.2) is 0 Å². The molecule has 1 aromatic carbocycles. The predicted molar refractivity (Wildman–Crippen MR) is 63.4 cm³/mol. The summed E-state index contributed by atoms with van der Waals surface area (Å²) in [4.78, 5) is 12.4. The smallest absolute Gasteiger partial charge is 0.160 e. The zero-order valence-electron chi connectivity index (χ0n) is 7.61. The van der Waals surface area contributed by atoms with Crippen molar-refractivity contribution < 1.29 is 4.79 Å². The molecule has 2 nitrogen and oxygen atoms in total. The number of anilines is 1. The van der Waals surface area contributed by atoms with Gasteiger partial charge in [-0.05, 0) is 23.8 Å². The fraction of sp³-hybridized carbons (Fsp3) is 0.100. The fourth-order valence-electron chi connectivity index (χ4n) is 1.36. The summed E-state index contributed by atoms with van der Waals surface area (Å²) in [6.45, 7) is 0. The molecule has 1 heterocycles. The second kappa shape index (κ2) is 3.63. The van der Waals surface area contributed by atoms with Crippen LogP contribution < -0.4 is 5.73 Å². The van der Waals surface area contributed by atoms with Gasteiger partial charge < -0.3 is 5.73 Å². The van der Waals surface area contributed by atoms with E-state index >= 15 is 0 Å². The molecule has 4 heteroatoms. The number of carbonyl (C=O) groups is 1. The second-order valence-corrected chi connectivity index (χ2v) is 4.80. The molecular weight excluding hydrogens is 214 g/mol. The normalized spacial score (nSPS) is 10.6. The average molecular weight is 223 g/mol. The highest BCUT2D eigenvalue weighted by Gasteiger charge is 2.07. The van der Waals surface area contributed by atoms with Gasteiger partial charge >= 0.3 is 0 Å². The first-order valence-electron chi connectivity index (χ1n) is 4.07. The van der Waals surface area contributed by atoms with Gasteiger partial charge in [0, 0.05) is 4.90 Å². The van der Waals surface area contributed by atoms with Crippen molar-refractivity contribution in [1.82, 2.24) is 0 Å². The van der Waals surface area contributed by atoms with Crippen molar-refractivity contribution in [2.45, 2.75) is 4.90 Å². The average Bonchev–Trinajstić information content (AvgIpc) is 2.62. The topological polar surface area (TPSA) is 43.1 Å². The molecule has 0 amide bonds. The zero-order chi connectivity index (χ0) is 10.1. The van der Waals surface area contributed by atoms with Crippen molar-refractivity contribution >= 4 is 45.2 Å². The molecule has 14 heavy (non-hydrogen) atoms. The molecule has 0 atom stereocenters. The number of aldehydes is 1. The number of carbonyl (C=O) groups excluding carboxylic acids is 1. The Hall–Kier alpha value is -1.00. The fourth-order valence-corrected chi connectivity index (χ4v) is 2.89. The number of benzene rings is 1. The lowest BCUT2D eigenvalue weighted by Crippen LogP contribution is -1.87. The van der Waals surface area contributed by atoms with E-state index in [4.69, 9.17) is 5.73 Å². The van der Waals surface area contributed by atoms with Crippen molar-refractivity contribution in [2.75, 3.05) is 12.0 Å². The Morgan fingerprint density at radius 1 is 1.50 bits per heavy atom. The number of thiophene rings is 1. The monoisotopic (exact) mass is 223 g/mol. The Kier molecular flexibility index (Phi) is 2.48. The molecule has 0 bridgehead atoms. The van der Waals surface area contributed by atoms with Crippen LogP contribution in [0.15, 0.2) is 23.1 Å². The lowest BCUT2D eigenvalue weighted by Gasteiger charge is -2.01. The van der Waals surface area contributed by atoms with Crippen LogP contribution in [0.1, 0.15) is 9.67 Å².